The van der Waals surface area contributed by atoms with Gasteiger partial charge in [-0.1, -0.05) is 6.92 Å². The standard InChI is InChI=1S/C13H14N2OS/c1-3-17-11-6-4-10(5-7-11)13(16)12-8-9-14-15(12)2/h4-9H,3H2,1-2H3. The zero-order valence-electron chi connectivity index (χ0n) is 9.88. The molecule has 1 aromatic carbocycles. The zero-order chi connectivity index (χ0) is 12.3. The van der Waals surface area contributed by atoms with Gasteiger partial charge in [-0.2, -0.15) is 5.10 Å². The second-order valence-corrected chi connectivity index (χ2v) is 4.96. The first-order valence-corrected chi connectivity index (χ1v) is 6.46. The van der Waals surface area contributed by atoms with Crippen LogP contribution in [0.3, 0.4) is 0 Å². The van der Waals surface area contributed by atoms with Gasteiger partial charge in [0.05, 0.1) is 0 Å². The van der Waals surface area contributed by atoms with E-state index in [2.05, 4.69) is 12.0 Å². The van der Waals surface area contributed by atoms with E-state index in [1.165, 1.54) is 4.90 Å². The highest BCUT2D eigenvalue weighted by molar-refractivity contribution is 7.99. The fraction of sp³-hybridized carbons (Fsp3) is 0.231. The maximum Gasteiger partial charge on any atom is 0.211 e. The third kappa shape index (κ3) is 2.58. The van der Waals surface area contributed by atoms with Crippen LogP contribution in [0.1, 0.15) is 23.0 Å². The number of hydrogen-bond acceptors (Lipinski definition) is 3. The number of carbonyl (C=O) groups is 1. The third-order valence-corrected chi connectivity index (χ3v) is 3.38. The van der Waals surface area contributed by atoms with E-state index in [-0.39, 0.29) is 5.78 Å². The molecule has 3 nitrogen and oxygen atoms in total. The van der Waals surface area contributed by atoms with Crippen LogP contribution >= 0.6 is 11.8 Å². The van der Waals surface area contributed by atoms with E-state index in [4.69, 9.17) is 0 Å². The molecule has 0 saturated carbocycles. The first-order chi connectivity index (χ1) is 8.22. The number of carbonyl (C=O) groups excluding carboxylic acids is 1. The van der Waals surface area contributed by atoms with Crippen LogP contribution in [0.5, 0.6) is 0 Å². The summed E-state index contributed by atoms with van der Waals surface area (Å²) in [4.78, 5) is 13.3. The predicted molar refractivity (Wildman–Crippen MR) is 69.5 cm³/mol. The molecule has 0 fully saturated rings. The van der Waals surface area contributed by atoms with Crippen LogP contribution in [-0.4, -0.2) is 21.3 Å². The van der Waals surface area contributed by atoms with Gasteiger partial charge in [0.1, 0.15) is 5.69 Å². The molecule has 0 radical (unpaired) electrons. The van der Waals surface area contributed by atoms with Gasteiger partial charge >= 0.3 is 0 Å². The molecule has 1 heterocycles. The van der Waals surface area contributed by atoms with E-state index in [0.29, 0.717) is 11.3 Å². The van der Waals surface area contributed by atoms with Gasteiger partial charge in [-0.15, -0.1) is 11.8 Å². The predicted octanol–water partition coefficient (Wildman–Crippen LogP) is 2.76. The maximum atomic E-state index is 12.1. The quantitative estimate of drug-likeness (QED) is 0.614. The minimum absolute atomic E-state index is 0.0121. The second-order valence-electron chi connectivity index (χ2n) is 3.63. The Hall–Kier alpha value is -1.55. The van der Waals surface area contributed by atoms with Crippen molar-refractivity contribution < 1.29 is 4.79 Å². The molecule has 0 aliphatic heterocycles. The molecule has 0 aliphatic rings. The highest BCUT2D eigenvalue weighted by atomic mass is 32.2. The van der Waals surface area contributed by atoms with E-state index in [1.54, 1.807) is 35.8 Å². The molecular weight excluding hydrogens is 232 g/mol. The number of rotatable bonds is 4. The molecule has 0 saturated heterocycles. The highest BCUT2D eigenvalue weighted by Gasteiger charge is 2.12. The average molecular weight is 246 g/mol. The second kappa shape index (κ2) is 5.19. The Kier molecular flexibility index (Phi) is 3.64. The van der Waals surface area contributed by atoms with Crippen LogP contribution in [-0.2, 0) is 7.05 Å². The van der Waals surface area contributed by atoms with Gasteiger partial charge in [-0.25, -0.2) is 0 Å². The molecule has 2 aromatic rings. The lowest BCUT2D eigenvalue weighted by atomic mass is 10.1. The molecule has 0 bridgehead atoms. The van der Waals surface area contributed by atoms with Crippen molar-refractivity contribution in [1.29, 1.82) is 0 Å². The highest BCUT2D eigenvalue weighted by Crippen LogP contribution is 2.19. The van der Waals surface area contributed by atoms with Crippen molar-refractivity contribution in [2.45, 2.75) is 11.8 Å². The van der Waals surface area contributed by atoms with Crippen LogP contribution in [0.4, 0.5) is 0 Å². The summed E-state index contributed by atoms with van der Waals surface area (Å²) in [5.74, 6) is 1.05. The Balaban J connectivity index is 2.23. The molecule has 17 heavy (non-hydrogen) atoms. The van der Waals surface area contributed by atoms with Crippen LogP contribution in [0.2, 0.25) is 0 Å². The lowest BCUT2D eigenvalue weighted by Gasteiger charge is -2.03. The Morgan fingerprint density at radius 2 is 2.00 bits per heavy atom. The molecule has 1 aromatic heterocycles. The summed E-state index contributed by atoms with van der Waals surface area (Å²) < 4.78 is 1.59. The maximum absolute atomic E-state index is 12.1. The van der Waals surface area contributed by atoms with Crippen LogP contribution in [0.15, 0.2) is 41.4 Å². The lowest BCUT2D eigenvalue weighted by Crippen LogP contribution is -2.07. The Morgan fingerprint density at radius 3 is 2.53 bits per heavy atom. The van der Waals surface area contributed by atoms with E-state index in [1.807, 2.05) is 24.3 Å². The minimum atomic E-state index is 0.0121. The minimum Gasteiger partial charge on any atom is -0.287 e. The number of hydrogen-bond donors (Lipinski definition) is 0. The van der Waals surface area contributed by atoms with Gasteiger partial charge in [0.2, 0.25) is 5.78 Å². The molecule has 4 heteroatoms. The molecule has 88 valence electrons. The van der Waals surface area contributed by atoms with Crippen molar-refractivity contribution in [3.05, 3.63) is 47.8 Å². The topological polar surface area (TPSA) is 34.9 Å². The Bertz CT molecular complexity index is 516. The monoisotopic (exact) mass is 246 g/mol. The Labute approximate surface area is 105 Å². The first kappa shape index (κ1) is 11.9. The number of ketones is 1. The smallest absolute Gasteiger partial charge is 0.211 e. The van der Waals surface area contributed by atoms with Gasteiger partial charge < -0.3 is 0 Å². The van der Waals surface area contributed by atoms with Crippen molar-refractivity contribution in [2.75, 3.05) is 5.75 Å². The fourth-order valence-electron chi connectivity index (χ4n) is 1.61. The van der Waals surface area contributed by atoms with Gasteiger partial charge in [0.25, 0.3) is 0 Å². The van der Waals surface area contributed by atoms with E-state index in [9.17, 15) is 4.79 Å². The molecule has 0 aliphatic carbocycles. The number of nitrogens with zero attached hydrogens (tertiary/aromatic N) is 2. The molecule has 0 amide bonds. The van der Waals surface area contributed by atoms with Crippen molar-refractivity contribution in [2.24, 2.45) is 7.05 Å². The van der Waals surface area contributed by atoms with Crippen molar-refractivity contribution >= 4 is 17.5 Å². The van der Waals surface area contributed by atoms with Gasteiger partial charge in [-0.05, 0) is 36.1 Å². The normalized spacial score (nSPS) is 10.5. The van der Waals surface area contributed by atoms with Gasteiger partial charge in [-0.3, -0.25) is 9.48 Å². The first-order valence-electron chi connectivity index (χ1n) is 5.48. The number of aryl methyl sites for hydroxylation is 1. The fourth-order valence-corrected chi connectivity index (χ4v) is 2.28. The van der Waals surface area contributed by atoms with Crippen molar-refractivity contribution in [3.8, 4) is 0 Å². The van der Waals surface area contributed by atoms with Gasteiger partial charge in [0.15, 0.2) is 0 Å². The average Bonchev–Trinajstić information content (AvgIpc) is 2.76. The summed E-state index contributed by atoms with van der Waals surface area (Å²) in [6.45, 7) is 2.11. The van der Waals surface area contributed by atoms with Crippen molar-refractivity contribution in [1.82, 2.24) is 9.78 Å². The SMILES string of the molecule is CCSc1ccc(C(=O)c2ccnn2C)cc1. The van der Waals surface area contributed by atoms with E-state index < -0.39 is 0 Å². The molecule has 0 spiro atoms. The summed E-state index contributed by atoms with van der Waals surface area (Å²) in [6.07, 6.45) is 1.63. The summed E-state index contributed by atoms with van der Waals surface area (Å²) >= 11 is 1.77. The summed E-state index contributed by atoms with van der Waals surface area (Å²) in [5.41, 5.74) is 1.31. The van der Waals surface area contributed by atoms with Crippen LogP contribution in [0.25, 0.3) is 0 Å². The largest absolute Gasteiger partial charge is 0.287 e. The van der Waals surface area contributed by atoms with Crippen LogP contribution in [0, 0.1) is 0 Å². The lowest BCUT2D eigenvalue weighted by molar-refractivity contribution is 0.103. The molecule has 0 atom stereocenters. The summed E-state index contributed by atoms with van der Waals surface area (Å²) in [5, 5.41) is 4.00. The molecule has 0 N–H and O–H groups in total. The zero-order valence-corrected chi connectivity index (χ0v) is 10.7. The van der Waals surface area contributed by atoms with Crippen LogP contribution < -0.4 is 0 Å². The summed E-state index contributed by atoms with van der Waals surface area (Å²) in [7, 11) is 1.77. The van der Waals surface area contributed by atoms with E-state index in [0.717, 1.165) is 5.75 Å². The number of benzene rings is 1. The summed E-state index contributed by atoms with van der Waals surface area (Å²) in [6, 6.07) is 9.44. The molecule has 2 rings (SSSR count). The van der Waals surface area contributed by atoms with Crippen molar-refractivity contribution in [3.63, 3.8) is 0 Å². The molecular formula is C13H14N2OS. The Morgan fingerprint density at radius 1 is 1.29 bits per heavy atom. The number of aromatic nitrogens is 2. The third-order valence-electron chi connectivity index (χ3n) is 2.48. The van der Waals surface area contributed by atoms with Gasteiger partial charge in [0, 0.05) is 23.7 Å². The number of thioether (sulfide) groups is 1. The molecule has 0 unspecified atom stereocenters. The van der Waals surface area contributed by atoms with E-state index >= 15 is 0 Å².